The van der Waals surface area contributed by atoms with Crippen LogP contribution in [0.4, 0.5) is 4.79 Å². The first-order chi connectivity index (χ1) is 8.80. The molecule has 0 bridgehead atoms. The molecule has 2 atom stereocenters. The van der Waals surface area contributed by atoms with E-state index in [4.69, 9.17) is 9.47 Å². The minimum Gasteiger partial charge on any atom is -0.444 e. The van der Waals surface area contributed by atoms with Gasteiger partial charge in [-0.25, -0.2) is 4.79 Å². The summed E-state index contributed by atoms with van der Waals surface area (Å²) < 4.78 is 11.2. The van der Waals surface area contributed by atoms with E-state index in [0.29, 0.717) is 13.2 Å². The second kappa shape index (κ2) is 5.29. The zero-order valence-electron chi connectivity index (χ0n) is 12.1. The number of aliphatic hydroxyl groups excluding tert-OH is 1. The Morgan fingerprint density at radius 2 is 2.16 bits per heavy atom. The molecule has 5 nitrogen and oxygen atoms in total. The molecule has 1 N–H and O–H groups in total. The highest BCUT2D eigenvalue weighted by Gasteiger charge is 2.41. The van der Waals surface area contributed by atoms with Gasteiger partial charge in [0.15, 0.2) is 0 Å². The zero-order valence-corrected chi connectivity index (χ0v) is 12.1. The van der Waals surface area contributed by atoms with Gasteiger partial charge in [-0.2, -0.15) is 0 Å². The van der Waals surface area contributed by atoms with Crippen molar-refractivity contribution in [3.8, 4) is 0 Å². The number of likely N-dealkylation sites (tertiary alicyclic amines) is 1. The number of piperidine rings is 1. The monoisotopic (exact) mass is 271 g/mol. The van der Waals surface area contributed by atoms with Crippen LogP contribution >= 0.6 is 0 Å². The molecule has 2 unspecified atom stereocenters. The highest BCUT2D eigenvalue weighted by molar-refractivity contribution is 5.68. The smallest absolute Gasteiger partial charge is 0.410 e. The molecule has 0 aliphatic carbocycles. The quantitative estimate of drug-likeness (QED) is 0.731. The molecule has 2 heterocycles. The molecule has 110 valence electrons. The van der Waals surface area contributed by atoms with Crippen LogP contribution in [0.25, 0.3) is 0 Å². The summed E-state index contributed by atoms with van der Waals surface area (Å²) in [6.45, 7) is 7.30. The predicted octanol–water partition coefficient (Wildman–Crippen LogP) is 1.93. The van der Waals surface area contributed by atoms with Gasteiger partial charge in [-0.05, 0) is 46.5 Å². The van der Waals surface area contributed by atoms with Crippen LogP contribution in [0.3, 0.4) is 0 Å². The number of carbonyl (C=O) groups is 1. The largest absolute Gasteiger partial charge is 0.444 e. The molecule has 0 aromatic heterocycles. The number of amides is 1. The van der Waals surface area contributed by atoms with Crippen LogP contribution in [0.2, 0.25) is 0 Å². The number of hydrogen-bond donors (Lipinski definition) is 1. The zero-order chi connectivity index (χ0) is 14.1. The van der Waals surface area contributed by atoms with Crippen molar-refractivity contribution in [1.29, 1.82) is 0 Å². The Bertz CT molecular complexity index is 329. The SMILES string of the molecule is CC(C)(C)OC(=O)N1CCCC2(CCC(O)CO2)C1. The summed E-state index contributed by atoms with van der Waals surface area (Å²) in [6.07, 6.45) is 2.83. The van der Waals surface area contributed by atoms with E-state index in [1.165, 1.54) is 0 Å². The van der Waals surface area contributed by atoms with Crippen LogP contribution in [0, 0.1) is 0 Å². The predicted molar refractivity (Wildman–Crippen MR) is 71.0 cm³/mol. The summed E-state index contributed by atoms with van der Waals surface area (Å²) in [5, 5.41) is 9.52. The van der Waals surface area contributed by atoms with Crippen LogP contribution in [0.1, 0.15) is 46.5 Å². The van der Waals surface area contributed by atoms with Gasteiger partial charge in [-0.15, -0.1) is 0 Å². The fourth-order valence-electron chi connectivity index (χ4n) is 2.76. The minimum atomic E-state index is -0.467. The van der Waals surface area contributed by atoms with Gasteiger partial charge in [0.1, 0.15) is 5.60 Å². The van der Waals surface area contributed by atoms with Crippen molar-refractivity contribution >= 4 is 6.09 Å². The lowest BCUT2D eigenvalue weighted by molar-refractivity contribution is -0.148. The summed E-state index contributed by atoms with van der Waals surface area (Å²) in [4.78, 5) is 13.8. The van der Waals surface area contributed by atoms with Gasteiger partial charge >= 0.3 is 6.09 Å². The maximum atomic E-state index is 12.1. The molecule has 0 saturated carbocycles. The summed E-state index contributed by atoms with van der Waals surface area (Å²) in [5.74, 6) is 0. The van der Waals surface area contributed by atoms with Crippen molar-refractivity contribution in [1.82, 2.24) is 4.90 Å². The number of ether oxygens (including phenoxy) is 2. The molecule has 2 saturated heterocycles. The van der Waals surface area contributed by atoms with Crippen molar-refractivity contribution in [2.75, 3.05) is 19.7 Å². The molecule has 1 spiro atoms. The van der Waals surface area contributed by atoms with E-state index in [1.54, 1.807) is 4.90 Å². The lowest BCUT2D eigenvalue weighted by atomic mass is 9.85. The molecule has 2 rings (SSSR count). The maximum absolute atomic E-state index is 12.1. The average Bonchev–Trinajstić information content (AvgIpc) is 2.32. The number of nitrogens with zero attached hydrogens (tertiary/aromatic N) is 1. The second-order valence-electron chi connectivity index (χ2n) is 6.69. The van der Waals surface area contributed by atoms with E-state index in [9.17, 15) is 9.90 Å². The first kappa shape index (κ1) is 14.6. The van der Waals surface area contributed by atoms with E-state index in [0.717, 1.165) is 32.2 Å². The van der Waals surface area contributed by atoms with E-state index in [1.807, 2.05) is 20.8 Å². The van der Waals surface area contributed by atoms with E-state index < -0.39 is 5.60 Å². The first-order valence-corrected chi connectivity index (χ1v) is 7.10. The second-order valence-corrected chi connectivity index (χ2v) is 6.69. The number of hydrogen-bond acceptors (Lipinski definition) is 4. The maximum Gasteiger partial charge on any atom is 0.410 e. The van der Waals surface area contributed by atoms with Crippen LogP contribution in [0.5, 0.6) is 0 Å². The van der Waals surface area contributed by atoms with Crippen LogP contribution in [-0.2, 0) is 9.47 Å². The molecule has 5 heteroatoms. The highest BCUT2D eigenvalue weighted by atomic mass is 16.6. The van der Waals surface area contributed by atoms with Crippen LogP contribution in [0.15, 0.2) is 0 Å². The van der Waals surface area contributed by atoms with Gasteiger partial charge in [-0.3, -0.25) is 0 Å². The first-order valence-electron chi connectivity index (χ1n) is 7.10. The Hall–Kier alpha value is -0.810. The number of aliphatic hydroxyl groups is 1. The molecular formula is C14H25NO4. The highest BCUT2D eigenvalue weighted by Crippen LogP contribution is 2.34. The van der Waals surface area contributed by atoms with Crippen LogP contribution in [-0.4, -0.2) is 53.1 Å². The van der Waals surface area contributed by atoms with Crippen molar-refractivity contribution in [2.24, 2.45) is 0 Å². The Labute approximate surface area is 114 Å². The Morgan fingerprint density at radius 3 is 2.74 bits per heavy atom. The number of rotatable bonds is 0. The molecule has 1 amide bonds. The van der Waals surface area contributed by atoms with Gasteiger partial charge in [0, 0.05) is 6.54 Å². The topological polar surface area (TPSA) is 59.0 Å². The van der Waals surface area contributed by atoms with E-state index in [2.05, 4.69) is 0 Å². The van der Waals surface area contributed by atoms with Crippen molar-refractivity contribution in [3.05, 3.63) is 0 Å². The Kier molecular flexibility index (Phi) is 4.06. The van der Waals surface area contributed by atoms with E-state index >= 15 is 0 Å². The van der Waals surface area contributed by atoms with Crippen molar-refractivity contribution < 1.29 is 19.4 Å². The molecule has 0 aromatic carbocycles. The molecular weight excluding hydrogens is 246 g/mol. The Morgan fingerprint density at radius 1 is 1.42 bits per heavy atom. The third-order valence-corrected chi connectivity index (χ3v) is 3.71. The molecule has 0 aromatic rings. The van der Waals surface area contributed by atoms with Crippen LogP contribution < -0.4 is 0 Å². The normalized spacial score (nSPS) is 32.4. The van der Waals surface area contributed by atoms with Crippen molar-refractivity contribution in [2.45, 2.75) is 63.8 Å². The standard InChI is InChI=1S/C14H25NO4/c1-13(2,3)19-12(17)15-8-4-6-14(10-15)7-5-11(16)9-18-14/h11,16H,4-10H2,1-3H3. The molecule has 19 heavy (non-hydrogen) atoms. The Balaban J connectivity index is 1.95. The fourth-order valence-corrected chi connectivity index (χ4v) is 2.76. The minimum absolute atomic E-state index is 0.263. The van der Waals surface area contributed by atoms with E-state index in [-0.39, 0.29) is 17.8 Å². The molecule has 0 radical (unpaired) electrons. The van der Waals surface area contributed by atoms with Gasteiger partial charge in [0.2, 0.25) is 0 Å². The van der Waals surface area contributed by atoms with Gasteiger partial charge in [0.05, 0.1) is 24.9 Å². The van der Waals surface area contributed by atoms with Gasteiger partial charge < -0.3 is 19.5 Å². The lowest BCUT2D eigenvalue weighted by Crippen LogP contribution is -2.55. The molecule has 2 aliphatic rings. The molecule has 2 aliphatic heterocycles. The summed E-state index contributed by atoms with van der Waals surface area (Å²) >= 11 is 0. The lowest BCUT2D eigenvalue weighted by Gasteiger charge is -2.45. The van der Waals surface area contributed by atoms with Crippen molar-refractivity contribution in [3.63, 3.8) is 0 Å². The van der Waals surface area contributed by atoms with Gasteiger partial charge in [-0.1, -0.05) is 0 Å². The van der Waals surface area contributed by atoms with Gasteiger partial charge in [0.25, 0.3) is 0 Å². The molecule has 2 fully saturated rings. The summed E-state index contributed by atoms with van der Waals surface area (Å²) in [7, 11) is 0. The average molecular weight is 271 g/mol. The summed E-state index contributed by atoms with van der Waals surface area (Å²) in [6, 6.07) is 0. The third kappa shape index (κ3) is 3.83. The summed E-state index contributed by atoms with van der Waals surface area (Å²) in [5.41, 5.74) is -0.736. The third-order valence-electron chi connectivity index (χ3n) is 3.71. The number of carbonyl (C=O) groups excluding carboxylic acids is 1. The fraction of sp³-hybridized carbons (Fsp3) is 0.929.